The quantitative estimate of drug-likeness (QED) is 0.683. The minimum absolute atomic E-state index is 0.146. The fraction of sp³-hybridized carbons (Fsp3) is 0.478. The monoisotopic (exact) mass is 480 g/mol. The van der Waals surface area contributed by atoms with Gasteiger partial charge in [0.1, 0.15) is 5.00 Å². The lowest BCUT2D eigenvalue weighted by Gasteiger charge is -2.36. The Bertz CT molecular complexity index is 1040. The first-order valence-corrected chi connectivity index (χ1v) is 11.8. The SMILES string of the molecule is CC1CCc2c(sc(NC(=O)CN3CCN(c4cccc(C(F)(F)F)c4)CC3)c2C(N)=O)C1. The predicted octanol–water partition coefficient (Wildman–Crippen LogP) is 3.75. The van der Waals surface area contributed by atoms with Crippen molar-refractivity contribution < 1.29 is 22.8 Å². The number of nitrogens with one attached hydrogen (secondary N) is 1. The molecule has 1 atom stereocenters. The number of primary amides is 1. The van der Waals surface area contributed by atoms with Crippen LogP contribution in [0.4, 0.5) is 23.9 Å². The fourth-order valence-electron chi connectivity index (χ4n) is 4.51. The third-order valence-corrected chi connectivity index (χ3v) is 7.46. The maximum atomic E-state index is 13.0. The van der Waals surface area contributed by atoms with Crippen LogP contribution in [-0.2, 0) is 23.8 Å². The topological polar surface area (TPSA) is 78.7 Å². The summed E-state index contributed by atoms with van der Waals surface area (Å²) < 4.78 is 39.0. The van der Waals surface area contributed by atoms with Crippen molar-refractivity contribution in [1.82, 2.24) is 4.90 Å². The molecule has 1 aromatic heterocycles. The van der Waals surface area contributed by atoms with E-state index in [2.05, 4.69) is 12.2 Å². The maximum absolute atomic E-state index is 13.0. The highest BCUT2D eigenvalue weighted by Crippen LogP contribution is 2.39. The average molecular weight is 481 g/mol. The Morgan fingerprint density at radius 1 is 1.21 bits per heavy atom. The van der Waals surface area contributed by atoms with E-state index in [0.717, 1.165) is 41.8 Å². The van der Waals surface area contributed by atoms with Crippen molar-refractivity contribution >= 4 is 33.8 Å². The molecule has 10 heteroatoms. The first-order chi connectivity index (χ1) is 15.6. The lowest BCUT2D eigenvalue weighted by molar-refractivity contribution is -0.137. The van der Waals surface area contributed by atoms with E-state index < -0.39 is 17.6 Å². The van der Waals surface area contributed by atoms with E-state index in [1.54, 1.807) is 6.07 Å². The van der Waals surface area contributed by atoms with Gasteiger partial charge in [-0.3, -0.25) is 14.5 Å². The molecule has 33 heavy (non-hydrogen) atoms. The Balaban J connectivity index is 1.35. The van der Waals surface area contributed by atoms with Gasteiger partial charge in [-0.1, -0.05) is 13.0 Å². The van der Waals surface area contributed by atoms with Gasteiger partial charge in [-0.25, -0.2) is 0 Å². The number of carbonyl (C=O) groups excluding carboxylic acids is 2. The molecule has 4 rings (SSSR count). The molecular formula is C23H27F3N4O2S. The summed E-state index contributed by atoms with van der Waals surface area (Å²) in [5.74, 6) is -0.211. The van der Waals surface area contributed by atoms with Gasteiger partial charge in [0.05, 0.1) is 17.7 Å². The molecule has 2 aliphatic rings. The van der Waals surface area contributed by atoms with E-state index in [-0.39, 0.29) is 12.5 Å². The third kappa shape index (κ3) is 5.33. The number of benzene rings is 1. The van der Waals surface area contributed by atoms with Crippen LogP contribution in [0.15, 0.2) is 24.3 Å². The highest BCUT2D eigenvalue weighted by atomic mass is 32.1. The first kappa shape index (κ1) is 23.6. The van der Waals surface area contributed by atoms with Crippen molar-refractivity contribution in [2.24, 2.45) is 11.7 Å². The lowest BCUT2D eigenvalue weighted by atomic mass is 9.88. The van der Waals surface area contributed by atoms with Gasteiger partial charge in [0.15, 0.2) is 0 Å². The van der Waals surface area contributed by atoms with Gasteiger partial charge < -0.3 is 16.0 Å². The van der Waals surface area contributed by atoms with E-state index in [0.29, 0.717) is 48.3 Å². The Labute approximate surface area is 194 Å². The van der Waals surface area contributed by atoms with Gasteiger partial charge >= 0.3 is 6.18 Å². The highest BCUT2D eigenvalue weighted by molar-refractivity contribution is 7.17. The van der Waals surface area contributed by atoms with Gasteiger partial charge in [-0.05, 0) is 48.9 Å². The average Bonchev–Trinajstić information content (AvgIpc) is 3.10. The number of anilines is 2. The minimum atomic E-state index is -4.38. The smallest absolute Gasteiger partial charge is 0.369 e. The Hall–Kier alpha value is -2.59. The number of carbonyl (C=O) groups is 2. The van der Waals surface area contributed by atoms with Gasteiger partial charge in [0.25, 0.3) is 5.91 Å². The van der Waals surface area contributed by atoms with E-state index in [4.69, 9.17) is 5.73 Å². The molecule has 2 heterocycles. The number of halogens is 3. The molecule has 1 aliphatic heterocycles. The molecule has 0 radical (unpaired) electrons. The number of hydrogen-bond acceptors (Lipinski definition) is 5. The molecule has 1 fully saturated rings. The van der Waals surface area contributed by atoms with Crippen LogP contribution in [0.3, 0.4) is 0 Å². The molecule has 2 aromatic rings. The van der Waals surface area contributed by atoms with Crippen molar-refractivity contribution in [3.8, 4) is 0 Å². The number of amides is 2. The number of rotatable bonds is 5. The summed E-state index contributed by atoms with van der Waals surface area (Å²) in [6, 6.07) is 5.30. The van der Waals surface area contributed by atoms with E-state index >= 15 is 0 Å². The molecule has 0 spiro atoms. The minimum Gasteiger partial charge on any atom is -0.369 e. The zero-order valence-electron chi connectivity index (χ0n) is 18.4. The van der Waals surface area contributed by atoms with Gasteiger partial charge in [-0.15, -0.1) is 11.3 Å². The van der Waals surface area contributed by atoms with Crippen LogP contribution in [0, 0.1) is 5.92 Å². The molecule has 178 valence electrons. The second-order valence-corrected chi connectivity index (χ2v) is 9.88. The summed E-state index contributed by atoms with van der Waals surface area (Å²) in [6.07, 6.45) is -1.71. The fourth-order valence-corrected chi connectivity index (χ4v) is 5.94. The van der Waals surface area contributed by atoms with Crippen molar-refractivity contribution in [2.75, 3.05) is 42.9 Å². The molecule has 1 aliphatic carbocycles. The van der Waals surface area contributed by atoms with Crippen LogP contribution in [0.5, 0.6) is 0 Å². The Morgan fingerprint density at radius 3 is 2.61 bits per heavy atom. The summed E-state index contributed by atoms with van der Waals surface area (Å²) >= 11 is 1.43. The second kappa shape index (κ2) is 9.34. The molecule has 1 saturated heterocycles. The summed E-state index contributed by atoms with van der Waals surface area (Å²) in [6.45, 7) is 4.45. The van der Waals surface area contributed by atoms with Crippen molar-refractivity contribution in [3.63, 3.8) is 0 Å². The number of hydrogen-bond donors (Lipinski definition) is 2. The van der Waals surface area contributed by atoms with E-state index in [9.17, 15) is 22.8 Å². The van der Waals surface area contributed by atoms with E-state index in [1.807, 2.05) is 9.80 Å². The molecule has 3 N–H and O–H groups in total. The van der Waals surface area contributed by atoms with Crippen LogP contribution in [0.25, 0.3) is 0 Å². The number of piperazine rings is 1. The van der Waals surface area contributed by atoms with Crippen LogP contribution < -0.4 is 16.0 Å². The third-order valence-electron chi connectivity index (χ3n) is 6.29. The van der Waals surface area contributed by atoms with Gasteiger partial charge in [-0.2, -0.15) is 13.2 Å². The maximum Gasteiger partial charge on any atom is 0.416 e. The summed E-state index contributed by atoms with van der Waals surface area (Å²) in [5.41, 5.74) is 6.88. The summed E-state index contributed by atoms with van der Waals surface area (Å²) in [5, 5.41) is 3.40. The van der Waals surface area contributed by atoms with Crippen LogP contribution in [-0.4, -0.2) is 49.4 Å². The molecule has 6 nitrogen and oxygen atoms in total. The number of alkyl halides is 3. The zero-order valence-corrected chi connectivity index (χ0v) is 19.2. The molecule has 0 saturated carbocycles. The summed E-state index contributed by atoms with van der Waals surface area (Å²) in [7, 11) is 0. The molecule has 1 aromatic carbocycles. The molecule has 0 bridgehead atoms. The summed E-state index contributed by atoms with van der Waals surface area (Å²) in [4.78, 5) is 29.7. The number of nitrogens with two attached hydrogens (primary N) is 1. The first-order valence-electron chi connectivity index (χ1n) is 11.0. The number of nitrogens with zero attached hydrogens (tertiary/aromatic N) is 2. The number of thiophene rings is 1. The normalized spacial score (nSPS) is 19.3. The lowest BCUT2D eigenvalue weighted by Crippen LogP contribution is -2.48. The molecular weight excluding hydrogens is 453 g/mol. The van der Waals surface area contributed by atoms with Crippen molar-refractivity contribution in [1.29, 1.82) is 0 Å². The van der Waals surface area contributed by atoms with E-state index in [1.165, 1.54) is 17.4 Å². The van der Waals surface area contributed by atoms with Gasteiger partial charge in [0.2, 0.25) is 5.91 Å². The molecule has 2 amide bonds. The second-order valence-electron chi connectivity index (χ2n) is 8.78. The Morgan fingerprint density at radius 2 is 1.94 bits per heavy atom. The van der Waals surface area contributed by atoms with Crippen molar-refractivity contribution in [2.45, 2.75) is 32.4 Å². The molecule has 1 unspecified atom stereocenters. The highest BCUT2D eigenvalue weighted by Gasteiger charge is 2.31. The Kier molecular flexibility index (Phi) is 6.67. The predicted molar refractivity (Wildman–Crippen MR) is 123 cm³/mol. The van der Waals surface area contributed by atoms with Crippen LogP contribution in [0.1, 0.15) is 39.7 Å². The van der Waals surface area contributed by atoms with Gasteiger partial charge in [0, 0.05) is 36.7 Å². The number of fused-ring (bicyclic) bond motifs is 1. The van der Waals surface area contributed by atoms with Crippen LogP contribution in [0.2, 0.25) is 0 Å². The van der Waals surface area contributed by atoms with Crippen molar-refractivity contribution in [3.05, 3.63) is 45.8 Å². The van der Waals surface area contributed by atoms with Crippen LogP contribution >= 0.6 is 11.3 Å². The zero-order chi connectivity index (χ0) is 23.8. The standard InChI is InChI=1S/C23H27F3N4O2S/c1-14-5-6-17-18(11-14)33-22(20(17)21(27)32)28-19(31)13-29-7-9-30(10-8-29)16-4-2-3-15(12-16)23(24,25)26/h2-4,12,14H,5-11,13H2,1H3,(H2,27,32)(H,28,31). The largest absolute Gasteiger partial charge is 0.416 e.